The first kappa shape index (κ1) is 8.13. The average molecular weight is 178 g/mol. The number of aliphatic imine (C=N–C) groups is 1. The van der Waals surface area contributed by atoms with Gasteiger partial charge in [0.1, 0.15) is 12.7 Å². The van der Waals surface area contributed by atoms with Crippen molar-refractivity contribution in [2.75, 3.05) is 0 Å². The lowest BCUT2D eigenvalue weighted by Gasteiger charge is -2.05. The third-order valence-corrected chi connectivity index (χ3v) is 2.38. The van der Waals surface area contributed by atoms with Gasteiger partial charge >= 0.3 is 0 Å². The fourth-order valence-corrected chi connectivity index (χ4v) is 1.33. The van der Waals surface area contributed by atoms with Crippen LogP contribution in [0.1, 0.15) is 19.3 Å². The summed E-state index contributed by atoms with van der Waals surface area (Å²) in [7, 11) is 0. The molecule has 2 rings (SSSR count). The van der Waals surface area contributed by atoms with Gasteiger partial charge in [-0.3, -0.25) is 4.68 Å². The lowest BCUT2D eigenvalue weighted by atomic mass is 10.2. The first-order valence-corrected chi connectivity index (χ1v) is 4.26. The van der Waals surface area contributed by atoms with Gasteiger partial charge in [0.15, 0.2) is 0 Å². The highest BCUT2D eigenvalue weighted by atomic mass is 16.1. The minimum Gasteiger partial charge on any atom is -0.253 e. The minimum atomic E-state index is -0.117. The van der Waals surface area contributed by atoms with Gasteiger partial charge in [-0.05, 0) is 19.3 Å². The van der Waals surface area contributed by atoms with E-state index in [9.17, 15) is 4.79 Å². The Bertz CT molecular complexity index is 322. The number of rotatable bonds is 4. The van der Waals surface area contributed by atoms with Gasteiger partial charge < -0.3 is 0 Å². The van der Waals surface area contributed by atoms with E-state index in [2.05, 4.69) is 15.1 Å². The maximum Gasteiger partial charge on any atom is 0.235 e. The van der Waals surface area contributed by atoms with Crippen molar-refractivity contribution in [3.05, 3.63) is 12.7 Å². The second kappa shape index (κ2) is 3.11. The molecule has 1 fully saturated rings. The molecule has 0 aliphatic heterocycles. The van der Waals surface area contributed by atoms with Gasteiger partial charge in [0.05, 0.1) is 5.54 Å². The highest BCUT2D eigenvalue weighted by molar-refractivity contribution is 5.36. The van der Waals surface area contributed by atoms with E-state index in [-0.39, 0.29) is 5.54 Å². The summed E-state index contributed by atoms with van der Waals surface area (Å²) in [5.74, 6) is 0. The van der Waals surface area contributed by atoms with Crippen LogP contribution in [-0.4, -0.2) is 26.4 Å². The molecule has 5 heteroatoms. The topological polar surface area (TPSA) is 60.1 Å². The number of aryl methyl sites for hydroxylation is 1. The standard InChI is InChI=1S/C8H10N4O/c13-7-10-8(1-2-8)3-4-12-6-9-5-11-12/h5-6H,1-4H2. The molecule has 0 spiro atoms. The van der Waals surface area contributed by atoms with Crippen LogP contribution in [0.15, 0.2) is 17.6 Å². The molecular weight excluding hydrogens is 168 g/mol. The largest absolute Gasteiger partial charge is 0.253 e. The van der Waals surface area contributed by atoms with E-state index in [4.69, 9.17) is 0 Å². The number of aromatic nitrogens is 3. The molecule has 0 unspecified atom stereocenters. The van der Waals surface area contributed by atoms with Crippen LogP contribution in [0.3, 0.4) is 0 Å². The molecule has 1 aliphatic rings. The van der Waals surface area contributed by atoms with Gasteiger partial charge in [-0.25, -0.2) is 9.78 Å². The molecule has 1 aliphatic carbocycles. The number of carbonyl (C=O) groups excluding carboxylic acids is 1. The molecule has 13 heavy (non-hydrogen) atoms. The summed E-state index contributed by atoms with van der Waals surface area (Å²) in [6.07, 6.45) is 7.65. The van der Waals surface area contributed by atoms with E-state index in [0.717, 1.165) is 25.8 Å². The summed E-state index contributed by atoms with van der Waals surface area (Å²) in [5, 5.41) is 3.97. The Hall–Kier alpha value is -1.48. The molecule has 0 bridgehead atoms. The Labute approximate surface area is 75.5 Å². The molecule has 1 heterocycles. The van der Waals surface area contributed by atoms with Gasteiger partial charge in [0, 0.05) is 6.54 Å². The normalized spacial score (nSPS) is 17.8. The van der Waals surface area contributed by atoms with E-state index in [1.54, 1.807) is 17.1 Å². The molecule has 5 nitrogen and oxygen atoms in total. The highest BCUT2D eigenvalue weighted by Crippen LogP contribution is 2.42. The van der Waals surface area contributed by atoms with E-state index in [0.29, 0.717) is 0 Å². The van der Waals surface area contributed by atoms with Crippen molar-refractivity contribution >= 4 is 6.08 Å². The van der Waals surface area contributed by atoms with Crippen molar-refractivity contribution in [1.29, 1.82) is 0 Å². The Balaban J connectivity index is 1.89. The van der Waals surface area contributed by atoms with E-state index < -0.39 is 0 Å². The smallest absolute Gasteiger partial charge is 0.235 e. The minimum absolute atomic E-state index is 0.117. The molecule has 0 saturated heterocycles. The van der Waals surface area contributed by atoms with Crippen molar-refractivity contribution < 1.29 is 4.79 Å². The number of isocyanates is 1. The van der Waals surface area contributed by atoms with Crippen molar-refractivity contribution in [2.24, 2.45) is 4.99 Å². The second-order valence-electron chi connectivity index (χ2n) is 3.34. The van der Waals surface area contributed by atoms with Crippen molar-refractivity contribution in [3.8, 4) is 0 Å². The molecule has 1 aromatic heterocycles. The summed E-state index contributed by atoms with van der Waals surface area (Å²) in [6, 6.07) is 0. The Morgan fingerprint density at radius 3 is 3.00 bits per heavy atom. The molecule has 0 atom stereocenters. The molecular formula is C8H10N4O. The summed E-state index contributed by atoms with van der Waals surface area (Å²) in [6.45, 7) is 0.769. The van der Waals surface area contributed by atoms with Gasteiger partial charge in [-0.15, -0.1) is 0 Å². The fourth-order valence-electron chi connectivity index (χ4n) is 1.33. The van der Waals surface area contributed by atoms with Gasteiger partial charge in [-0.1, -0.05) is 0 Å². The van der Waals surface area contributed by atoms with Crippen LogP contribution in [0.2, 0.25) is 0 Å². The van der Waals surface area contributed by atoms with Crippen molar-refractivity contribution in [3.63, 3.8) is 0 Å². The van der Waals surface area contributed by atoms with Crippen LogP contribution in [0.25, 0.3) is 0 Å². The maximum atomic E-state index is 10.1. The summed E-state index contributed by atoms with van der Waals surface area (Å²) >= 11 is 0. The Kier molecular flexibility index (Phi) is 1.94. The van der Waals surface area contributed by atoms with Crippen LogP contribution in [0, 0.1) is 0 Å². The van der Waals surface area contributed by atoms with Gasteiger partial charge in [0.2, 0.25) is 6.08 Å². The zero-order valence-electron chi connectivity index (χ0n) is 7.18. The number of nitrogens with zero attached hydrogens (tertiary/aromatic N) is 4. The summed E-state index contributed by atoms with van der Waals surface area (Å²) < 4.78 is 1.75. The quantitative estimate of drug-likeness (QED) is 0.499. The third kappa shape index (κ3) is 1.81. The van der Waals surface area contributed by atoms with Crippen LogP contribution >= 0.6 is 0 Å². The van der Waals surface area contributed by atoms with Crippen LogP contribution < -0.4 is 0 Å². The van der Waals surface area contributed by atoms with E-state index in [1.807, 2.05) is 0 Å². The molecule has 68 valence electrons. The Morgan fingerprint density at radius 2 is 2.46 bits per heavy atom. The first-order valence-electron chi connectivity index (χ1n) is 4.26. The molecule has 1 aromatic rings. The number of hydrogen-bond donors (Lipinski definition) is 0. The molecule has 0 amide bonds. The second-order valence-corrected chi connectivity index (χ2v) is 3.34. The van der Waals surface area contributed by atoms with Crippen molar-refractivity contribution in [2.45, 2.75) is 31.3 Å². The van der Waals surface area contributed by atoms with E-state index in [1.165, 1.54) is 6.33 Å². The zero-order valence-corrected chi connectivity index (χ0v) is 7.18. The highest BCUT2D eigenvalue weighted by Gasteiger charge is 2.42. The van der Waals surface area contributed by atoms with Crippen LogP contribution in [-0.2, 0) is 11.3 Å². The molecule has 0 radical (unpaired) electrons. The average Bonchev–Trinajstić information content (AvgIpc) is 2.71. The molecule has 0 aromatic carbocycles. The van der Waals surface area contributed by atoms with Crippen LogP contribution in [0.5, 0.6) is 0 Å². The number of hydrogen-bond acceptors (Lipinski definition) is 4. The zero-order chi connectivity index (χ0) is 9.15. The summed E-state index contributed by atoms with van der Waals surface area (Å²) in [4.78, 5) is 17.7. The predicted molar refractivity (Wildman–Crippen MR) is 44.7 cm³/mol. The lowest BCUT2D eigenvalue weighted by Crippen LogP contribution is -2.10. The molecule has 1 saturated carbocycles. The molecule has 0 N–H and O–H groups in total. The Morgan fingerprint density at radius 1 is 1.62 bits per heavy atom. The van der Waals surface area contributed by atoms with E-state index >= 15 is 0 Å². The van der Waals surface area contributed by atoms with Gasteiger partial charge in [0.25, 0.3) is 0 Å². The monoisotopic (exact) mass is 178 g/mol. The van der Waals surface area contributed by atoms with Crippen molar-refractivity contribution in [1.82, 2.24) is 14.8 Å². The van der Waals surface area contributed by atoms with Crippen LogP contribution in [0.4, 0.5) is 0 Å². The predicted octanol–water partition coefficient (Wildman–Crippen LogP) is 0.537. The van der Waals surface area contributed by atoms with Gasteiger partial charge in [-0.2, -0.15) is 10.1 Å². The maximum absolute atomic E-state index is 10.1. The first-order chi connectivity index (χ1) is 6.35. The SMILES string of the molecule is O=C=NC1(CCn2cncn2)CC1. The third-order valence-electron chi connectivity index (χ3n) is 2.38. The lowest BCUT2D eigenvalue weighted by molar-refractivity contribution is 0.493. The summed E-state index contributed by atoms with van der Waals surface area (Å²) in [5.41, 5.74) is -0.117. The fraction of sp³-hybridized carbons (Fsp3) is 0.625.